The maximum Gasteiger partial charge on any atom is 0.156 e. The maximum absolute atomic E-state index is 13.4. The second-order valence-corrected chi connectivity index (χ2v) is 2.99. The van der Waals surface area contributed by atoms with Gasteiger partial charge in [-0.3, -0.25) is 10.0 Å². The quantitative estimate of drug-likeness (QED) is 0.700. The molecule has 0 amide bonds. The van der Waals surface area contributed by atoms with E-state index in [0.29, 0.717) is 0 Å². The summed E-state index contributed by atoms with van der Waals surface area (Å²) in [4.78, 5) is 7.56. The van der Waals surface area contributed by atoms with E-state index in [-0.39, 0.29) is 18.1 Å². The summed E-state index contributed by atoms with van der Waals surface area (Å²) in [6, 6.07) is 3.12. The monoisotopic (exact) mass is 210 g/mol. The number of hydrogen-bond donors (Lipinski definition) is 1. The van der Waals surface area contributed by atoms with Gasteiger partial charge in [-0.15, -0.1) is 0 Å². The zero-order chi connectivity index (χ0) is 10.8. The lowest BCUT2D eigenvalue weighted by Gasteiger charge is -2.20. The Balaban J connectivity index is 2.48. The summed E-state index contributed by atoms with van der Waals surface area (Å²) < 4.78 is 26.3. The van der Waals surface area contributed by atoms with Gasteiger partial charge in [0.05, 0.1) is 5.56 Å². The largest absolute Gasteiger partial charge is 0.272 e. The third-order valence-electron chi connectivity index (χ3n) is 1.94. The third kappa shape index (κ3) is 1.84. The number of benzene rings is 1. The van der Waals surface area contributed by atoms with Crippen molar-refractivity contribution in [3.63, 3.8) is 0 Å². The summed E-state index contributed by atoms with van der Waals surface area (Å²) in [7, 11) is 0. The van der Waals surface area contributed by atoms with Crippen molar-refractivity contribution in [3.8, 4) is 0 Å². The van der Waals surface area contributed by atoms with Crippen molar-refractivity contribution >= 4 is 12.2 Å². The smallest absolute Gasteiger partial charge is 0.156 e. The Hall–Kier alpha value is -1.82. The fourth-order valence-corrected chi connectivity index (χ4v) is 1.25. The van der Waals surface area contributed by atoms with Gasteiger partial charge < -0.3 is 0 Å². The molecule has 1 aromatic rings. The predicted molar refractivity (Wildman–Crippen MR) is 52.3 cm³/mol. The number of nitrogens with zero attached hydrogens (tertiary/aromatic N) is 3. The first-order chi connectivity index (χ1) is 7.18. The van der Waals surface area contributed by atoms with Crippen LogP contribution in [0.5, 0.6) is 0 Å². The summed E-state index contributed by atoms with van der Waals surface area (Å²) in [5, 5.41) is 1.15. The SMILES string of the molecule is NN1CN=CN=C1c1cc(F)ccc1F. The zero-order valence-electron chi connectivity index (χ0n) is 7.69. The average Bonchev–Trinajstić information content (AvgIpc) is 2.23. The number of aliphatic imine (C=N–C) groups is 2. The van der Waals surface area contributed by atoms with E-state index in [9.17, 15) is 8.78 Å². The Morgan fingerprint density at radius 3 is 2.87 bits per heavy atom. The Morgan fingerprint density at radius 1 is 1.33 bits per heavy atom. The van der Waals surface area contributed by atoms with Crippen LogP contribution in [0.15, 0.2) is 28.2 Å². The van der Waals surface area contributed by atoms with Crippen molar-refractivity contribution < 1.29 is 8.78 Å². The molecule has 0 saturated carbocycles. The topological polar surface area (TPSA) is 54.0 Å². The maximum atomic E-state index is 13.4. The first kappa shape index (κ1) is 9.72. The van der Waals surface area contributed by atoms with Crippen LogP contribution in [0.1, 0.15) is 5.56 Å². The molecule has 1 aliphatic rings. The predicted octanol–water partition coefficient (Wildman–Crippen LogP) is 0.887. The molecule has 0 bridgehead atoms. The summed E-state index contributed by atoms with van der Waals surface area (Å²) in [6.45, 7) is 0.175. The lowest BCUT2D eigenvalue weighted by atomic mass is 10.2. The zero-order valence-corrected chi connectivity index (χ0v) is 7.69. The molecule has 6 heteroatoms. The fraction of sp³-hybridized carbons (Fsp3) is 0.111. The highest BCUT2D eigenvalue weighted by Gasteiger charge is 2.16. The Morgan fingerprint density at radius 2 is 2.13 bits per heavy atom. The van der Waals surface area contributed by atoms with Crippen molar-refractivity contribution in [2.45, 2.75) is 0 Å². The van der Waals surface area contributed by atoms with Crippen molar-refractivity contribution in [1.29, 1.82) is 0 Å². The van der Waals surface area contributed by atoms with Gasteiger partial charge in [0.25, 0.3) is 0 Å². The van der Waals surface area contributed by atoms with E-state index in [1.54, 1.807) is 0 Å². The van der Waals surface area contributed by atoms with Crippen LogP contribution in [0.3, 0.4) is 0 Å². The molecule has 2 rings (SSSR count). The highest BCUT2D eigenvalue weighted by atomic mass is 19.1. The van der Waals surface area contributed by atoms with Gasteiger partial charge in [0, 0.05) is 0 Å². The van der Waals surface area contributed by atoms with Crippen LogP contribution >= 0.6 is 0 Å². The second kappa shape index (κ2) is 3.74. The number of hydrazine groups is 1. The molecule has 0 atom stereocenters. The van der Waals surface area contributed by atoms with Gasteiger partial charge in [-0.2, -0.15) is 0 Å². The van der Waals surface area contributed by atoms with E-state index in [4.69, 9.17) is 5.84 Å². The summed E-state index contributed by atoms with van der Waals surface area (Å²) >= 11 is 0. The molecule has 0 unspecified atom stereocenters. The normalized spacial score (nSPS) is 15.4. The van der Waals surface area contributed by atoms with Crippen molar-refractivity contribution in [2.75, 3.05) is 6.67 Å². The van der Waals surface area contributed by atoms with Crippen LogP contribution in [0.25, 0.3) is 0 Å². The van der Waals surface area contributed by atoms with Crippen LogP contribution in [0, 0.1) is 11.6 Å². The molecule has 1 aliphatic heterocycles. The van der Waals surface area contributed by atoms with E-state index in [2.05, 4.69) is 9.98 Å². The number of hydrogen-bond acceptors (Lipinski definition) is 4. The molecule has 0 saturated heterocycles. The van der Waals surface area contributed by atoms with Gasteiger partial charge in [0.2, 0.25) is 0 Å². The Bertz CT molecular complexity index is 442. The molecule has 0 aromatic heterocycles. The molecule has 4 nitrogen and oxygen atoms in total. The average molecular weight is 210 g/mol. The van der Waals surface area contributed by atoms with Crippen LogP contribution in [-0.2, 0) is 0 Å². The minimum Gasteiger partial charge on any atom is -0.272 e. The highest BCUT2D eigenvalue weighted by molar-refractivity contribution is 6.03. The van der Waals surface area contributed by atoms with Gasteiger partial charge >= 0.3 is 0 Å². The second-order valence-electron chi connectivity index (χ2n) is 2.99. The molecule has 0 radical (unpaired) electrons. The van der Waals surface area contributed by atoms with Gasteiger partial charge in [-0.1, -0.05) is 0 Å². The Kier molecular flexibility index (Phi) is 2.42. The first-order valence-electron chi connectivity index (χ1n) is 4.22. The van der Waals surface area contributed by atoms with E-state index in [1.807, 2.05) is 0 Å². The lowest BCUT2D eigenvalue weighted by Crippen LogP contribution is -2.40. The molecule has 1 heterocycles. The molecular weight excluding hydrogens is 202 g/mol. The molecule has 0 fully saturated rings. The van der Waals surface area contributed by atoms with Gasteiger partial charge in [-0.05, 0) is 18.2 Å². The first-order valence-corrected chi connectivity index (χ1v) is 4.22. The molecule has 15 heavy (non-hydrogen) atoms. The molecule has 78 valence electrons. The lowest BCUT2D eigenvalue weighted by molar-refractivity contribution is 0.449. The Labute approximate surface area is 84.7 Å². The van der Waals surface area contributed by atoms with Crippen molar-refractivity contribution in [1.82, 2.24) is 5.01 Å². The van der Waals surface area contributed by atoms with Gasteiger partial charge in [0.15, 0.2) is 5.84 Å². The third-order valence-corrected chi connectivity index (χ3v) is 1.94. The van der Waals surface area contributed by atoms with Crippen molar-refractivity contribution in [3.05, 3.63) is 35.4 Å². The van der Waals surface area contributed by atoms with Crippen LogP contribution in [-0.4, -0.2) is 23.9 Å². The molecule has 0 spiro atoms. The van der Waals surface area contributed by atoms with E-state index in [1.165, 1.54) is 6.34 Å². The number of amidine groups is 1. The number of halogens is 2. The summed E-state index contributed by atoms with van der Waals surface area (Å²) in [6.07, 6.45) is 1.27. The molecule has 0 aliphatic carbocycles. The summed E-state index contributed by atoms with van der Waals surface area (Å²) in [5.41, 5.74) is 0.0312. The summed E-state index contributed by atoms with van der Waals surface area (Å²) in [5.74, 6) is 4.59. The van der Waals surface area contributed by atoms with Gasteiger partial charge in [-0.25, -0.2) is 19.6 Å². The van der Waals surface area contributed by atoms with E-state index >= 15 is 0 Å². The molecule has 1 aromatic carbocycles. The van der Waals surface area contributed by atoms with Crippen LogP contribution < -0.4 is 5.84 Å². The number of rotatable bonds is 1. The molecule has 2 N–H and O–H groups in total. The fourth-order valence-electron chi connectivity index (χ4n) is 1.25. The minimum absolute atomic E-state index is 0.0312. The van der Waals surface area contributed by atoms with Gasteiger partial charge in [0.1, 0.15) is 24.6 Å². The van der Waals surface area contributed by atoms with Crippen LogP contribution in [0.4, 0.5) is 8.78 Å². The highest BCUT2D eigenvalue weighted by Crippen LogP contribution is 2.13. The van der Waals surface area contributed by atoms with E-state index < -0.39 is 11.6 Å². The van der Waals surface area contributed by atoms with Crippen LogP contribution in [0.2, 0.25) is 0 Å². The number of nitrogens with two attached hydrogens (primary N) is 1. The minimum atomic E-state index is -0.569. The standard InChI is InChI=1S/C9H8F2N4/c10-6-1-2-8(11)7(3-6)9-14-4-13-5-15(9)12/h1-4H,5,12H2. The van der Waals surface area contributed by atoms with Crippen molar-refractivity contribution in [2.24, 2.45) is 15.8 Å². The van der Waals surface area contributed by atoms with E-state index in [0.717, 1.165) is 23.2 Å². The molecular formula is C9H8F2N4.